The van der Waals surface area contributed by atoms with Crippen molar-refractivity contribution in [1.82, 2.24) is 10.3 Å². The number of methoxy groups -OCH3 is 1. The lowest BCUT2D eigenvalue weighted by molar-refractivity contribution is -0.138. The zero-order valence-electron chi connectivity index (χ0n) is 15.2. The first-order valence-electron chi connectivity index (χ1n) is 8.86. The van der Waals surface area contributed by atoms with Gasteiger partial charge >= 0.3 is 5.97 Å². The number of nitrogens with one attached hydrogen (secondary N) is 2. The number of H-pyrrole nitrogens is 1. The van der Waals surface area contributed by atoms with Crippen molar-refractivity contribution < 1.29 is 19.0 Å². The molecule has 142 valence electrons. The van der Waals surface area contributed by atoms with Crippen molar-refractivity contribution in [2.24, 2.45) is 0 Å². The van der Waals surface area contributed by atoms with Crippen LogP contribution in [0.4, 0.5) is 4.39 Å². The van der Waals surface area contributed by atoms with Gasteiger partial charge in [0.1, 0.15) is 17.6 Å². The summed E-state index contributed by atoms with van der Waals surface area (Å²) in [6, 6.07) is 11.4. The predicted octanol–water partition coefficient (Wildman–Crippen LogP) is 4.02. The smallest absolute Gasteiger partial charge is 0.330 e. The van der Waals surface area contributed by atoms with E-state index in [2.05, 4.69) is 10.3 Å². The fourth-order valence-electron chi connectivity index (χ4n) is 3.46. The third kappa shape index (κ3) is 3.36. The molecule has 1 aromatic heterocycles. The fraction of sp³-hybridized carbons (Fsp3) is 0.136. The highest BCUT2D eigenvalue weighted by atomic mass is 19.1. The van der Waals surface area contributed by atoms with E-state index < -0.39 is 12.0 Å². The Balaban J connectivity index is 1.81. The summed E-state index contributed by atoms with van der Waals surface area (Å²) in [5, 5.41) is 13.3. The van der Waals surface area contributed by atoms with E-state index in [1.165, 1.54) is 12.1 Å². The second-order valence-corrected chi connectivity index (χ2v) is 6.61. The Kier molecular flexibility index (Phi) is 4.61. The normalized spacial score (nSPS) is 15.9. The SMILES string of the molecule is COc1ccc2c(CC3=CC=CC(C(=O)O)N3)c(-c3cccc(F)c3)[nH]c2c1. The number of carboxylic acid groups (broad SMARTS) is 1. The minimum Gasteiger partial charge on any atom is -0.497 e. The Morgan fingerprint density at radius 3 is 2.86 bits per heavy atom. The van der Waals surface area contributed by atoms with Crippen LogP contribution in [0.1, 0.15) is 5.56 Å². The largest absolute Gasteiger partial charge is 0.497 e. The molecular formula is C22H19FN2O3. The molecule has 1 atom stereocenters. The first-order valence-corrected chi connectivity index (χ1v) is 8.86. The topological polar surface area (TPSA) is 74.3 Å². The van der Waals surface area contributed by atoms with E-state index >= 15 is 0 Å². The number of fused-ring (bicyclic) bond motifs is 1. The number of hydrogen-bond donors (Lipinski definition) is 3. The summed E-state index contributed by atoms with van der Waals surface area (Å²) in [4.78, 5) is 14.7. The van der Waals surface area contributed by atoms with Gasteiger partial charge in [0.05, 0.1) is 12.8 Å². The molecule has 0 saturated heterocycles. The number of aromatic amines is 1. The summed E-state index contributed by atoms with van der Waals surface area (Å²) < 4.78 is 19.1. The molecule has 2 heterocycles. The molecule has 0 aliphatic carbocycles. The summed E-state index contributed by atoms with van der Waals surface area (Å²) in [5.74, 6) is -0.533. The van der Waals surface area contributed by atoms with Gasteiger partial charge in [0.25, 0.3) is 0 Å². The van der Waals surface area contributed by atoms with Gasteiger partial charge in [0.2, 0.25) is 0 Å². The van der Waals surface area contributed by atoms with Crippen LogP contribution in [0.25, 0.3) is 22.2 Å². The molecule has 1 aliphatic heterocycles. The van der Waals surface area contributed by atoms with Crippen molar-refractivity contribution >= 4 is 16.9 Å². The number of rotatable bonds is 5. The Morgan fingerprint density at radius 1 is 1.25 bits per heavy atom. The number of ether oxygens (including phenoxy) is 1. The van der Waals surface area contributed by atoms with Crippen molar-refractivity contribution in [3.05, 3.63) is 77.8 Å². The first kappa shape index (κ1) is 17.9. The molecule has 0 bridgehead atoms. The average molecular weight is 378 g/mol. The summed E-state index contributed by atoms with van der Waals surface area (Å²) in [6.45, 7) is 0. The van der Waals surface area contributed by atoms with Crippen LogP contribution < -0.4 is 10.1 Å². The van der Waals surface area contributed by atoms with Crippen molar-refractivity contribution in [3.63, 3.8) is 0 Å². The zero-order chi connectivity index (χ0) is 19.7. The van der Waals surface area contributed by atoms with E-state index in [9.17, 15) is 14.3 Å². The molecule has 28 heavy (non-hydrogen) atoms. The minimum absolute atomic E-state index is 0.316. The van der Waals surface area contributed by atoms with Crippen molar-refractivity contribution in [2.75, 3.05) is 7.11 Å². The maximum Gasteiger partial charge on any atom is 0.330 e. The van der Waals surface area contributed by atoms with E-state index in [1.807, 2.05) is 30.3 Å². The summed E-state index contributed by atoms with van der Waals surface area (Å²) in [5.41, 5.74) is 4.14. The van der Waals surface area contributed by atoms with Gasteiger partial charge < -0.3 is 20.1 Å². The highest BCUT2D eigenvalue weighted by Gasteiger charge is 2.20. The number of allylic oxidation sites excluding steroid dienone is 3. The van der Waals surface area contributed by atoms with E-state index in [0.717, 1.165) is 39.2 Å². The van der Waals surface area contributed by atoms with Crippen molar-refractivity contribution in [3.8, 4) is 17.0 Å². The second-order valence-electron chi connectivity index (χ2n) is 6.61. The third-order valence-corrected chi connectivity index (χ3v) is 4.80. The number of hydrogen-bond acceptors (Lipinski definition) is 3. The molecule has 0 fully saturated rings. The summed E-state index contributed by atoms with van der Waals surface area (Å²) in [6.07, 6.45) is 5.67. The monoisotopic (exact) mass is 378 g/mol. The number of carbonyl (C=O) groups is 1. The Bertz CT molecular complexity index is 1110. The van der Waals surface area contributed by atoms with Crippen LogP contribution in [-0.4, -0.2) is 29.2 Å². The van der Waals surface area contributed by atoms with Gasteiger partial charge in [-0.25, -0.2) is 9.18 Å². The summed E-state index contributed by atoms with van der Waals surface area (Å²) in [7, 11) is 1.60. The van der Waals surface area contributed by atoms with Gasteiger partial charge in [-0.2, -0.15) is 0 Å². The van der Waals surface area contributed by atoms with Gasteiger partial charge in [0, 0.05) is 34.7 Å². The molecule has 2 aromatic carbocycles. The molecule has 0 radical (unpaired) electrons. The molecule has 4 rings (SSSR count). The lowest BCUT2D eigenvalue weighted by atomic mass is 9.99. The standard InChI is InChI=1S/C22H19FN2O3/c1-28-16-8-9-17-18(11-15-6-3-7-19(24-15)22(26)27)21(25-20(17)12-16)13-4-2-5-14(23)10-13/h2-10,12,19,24-25H,11H2,1H3,(H,26,27). The quantitative estimate of drug-likeness (QED) is 0.627. The number of halogens is 1. The minimum atomic E-state index is -0.934. The number of benzene rings is 2. The van der Waals surface area contributed by atoms with E-state index in [0.29, 0.717) is 6.42 Å². The molecular weight excluding hydrogens is 359 g/mol. The van der Waals surface area contributed by atoms with Crippen LogP contribution in [0.3, 0.4) is 0 Å². The Morgan fingerprint density at radius 2 is 2.11 bits per heavy atom. The number of carboxylic acids is 1. The zero-order valence-corrected chi connectivity index (χ0v) is 15.2. The molecule has 1 unspecified atom stereocenters. The molecule has 0 spiro atoms. The van der Waals surface area contributed by atoms with E-state index in [1.54, 1.807) is 25.3 Å². The molecule has 1 aliphatic rings. The summed E-state index contributed by atoms with van der Waals surface area (Å²) >= 11 is 0. The highest BCUT2D eigenvalue weighted by Crippen LogP contribution is 2.34. The van der Waals surface area contributed by atoms with Crippen LogP contribution in [0.2, 0.25) is 0 Å². The van der Waals surface area contributed by atoms with Crippen LogP contribution >= 0.6 is 0 Å². The van der Waals surface area contributed by atoms with Crippen LogP contribution in [0.15, 0.2) is 66.4 Å². The van der Waals surface area contributed by atoms with Crippen molar-refractivity contribution in [1.29, 1.82) is 0 Å². The number of dihydropyridines is 1. The molecule has 6 heteroatoms. The first-order chi connectivity index (χ1) is 13.5. The molecule has 0 amide bonds. The van der Waals surface area contributed by atoms with Crippen LogP contribution in [-0.2, 0) is 11.2 Å². The van der Waals surface area contributed by atoms with E-state index in [4.69, 9.17) is 4.74 Å². The van der Waals surface area contributed by atoms with Gasteiger partial charge in [-0.1, -0.05) is 24.3 Å². The van der Waals surface area contributed by atoms with Gasteiger partial charge in [0.15, 0.2) is 0 Å². The maximum atomic E-state index is 13.8. The van der Waals surface area contributed by atoms with Gasteiger partial charge in [-0.3, -0.25) is 0 Å². The van der Waals surface area contributed by atoms with Crippen LogP contribution in [0, 0.1) is 5.82 Å². The lowest BCUT2D eigenvalue weighted by Gasteiger charge is -2.19. The molecule has 0 saturated carbocycles. The lowest BCUT2D eigenvalue weighted by Crippen LogP contribution is -2.36. The average Bonchev–Trinajstić information content (AvgIpc) is 3.05. The van der Waals surface area contributed by atoms with Gasteiger partial charge in [-0.15, -0.1) is 0 Å². The van der Waals surface area contributed by atoms with Crippen molar-refractivity contribution in [2.45, 2.75) is 12.5 Å². The Labute approximate surface area is 161 Å². The van der Waals surface area contributed by atoms with Gasteiger partial charge in [-0.05, 0) is 35.9 Å². The molecule has 3 N–H and O–H groups in total. The van der Waals surface area contributed by atoms with E-state index in [-0.39, 0.29) is 5.82 Å². The second kappa shape index (κ2) is 7.23. The highest BCUT2D eigenvalue weighted by molar-refractivity contribution is 5.92. The van der Waals surface area contributed by atoms with Crippen LogP contribution in [0.5, 0.6) is 5.75 Å². The third-order valence-electron chi connectivity index (χ3n) is 4.80. The predicted molar refractivity (Wildman–Crippen MR) is 106 cm³/mol. The number of aromatic nitrogens is 1. The maximum absolute atomic E-state index is 13.8. The molecule has 3 aromatic rings. The Hall–Kier alpha value is -3.54. The fourth-order valence-corrected chi connectivity index (χ4v) is 3.46. The number of aliphatic carboxylic acids is 1. The molecule has 5 nitrogen and oxygen atoms in total.